The fourth-order valence-electron chi connectivity index (χ4n) is 1.33. The SMILES string of the molecule is C[N+](C)(C)CC(O[N+](=O)[O-])=[P+]([O-])c1ccccc1. The summed E-state index contributed by atoms with van der Waals surface area (Å²) < 4.78 is 0.400. The first-order chi connectivity index (χ1) is 8.29. The Morgan fingerprint density at radius 1 is 1.33 bits per heavy atom. The topological polar surface area (TPSA) is 75.4 Å². The second-order valence-corrected chi connectivity index (χ2v) is 6.39. The molecule has 0 N–H and O–H groups in total. The van der Waals surface area contributed by atoms with Crippen LogP contribution >= 0.6 is 7.77 Å². The first-order valence-electron chi connectivity index (χ1n) is 5.30. The summed E-state index contributed by atoms with van der Waals surface area (Å²) in [6.45, 7) is 0.213. The van der Waals surface area contributed by atoms with Crippen molar-refractivity contribution in [3.8, 4) is 0 Å². The lowest BCUT2D eigenvalue weighted by Gasteiger charge is -2.22. The van der Waals surface area contributed by atoms with Crippen molar-refractivity contribution in [2.45, 2.75) is 0 Å². The zero-order chi connectivity index (χ0) is 13.8. The van der Waals surface area contributed by atoms with Crippen LogP contribution in [-0.4, -0.2) is 42.7 Å². The molecule has 0 bridgehead atoms. The highest BCUT2D eigenvalue weighted by molar-refractivity contribution is 7.59. The highest BCUT2D eigenvalue weighted by Crippen LogP contribution is 2.16. The van der Waals surface area contributed by atoms with Crippen LogP contribution in [0.15, 0.2) is 30.3 Å². The fraction of sp³-hybridized carbons (Fsp3) is 0.364. The maximum Gasteiger partial charge on any atom is 0.323 e. The molecule has 18 heavy (non-hydrogen) atoms. The van der Waals surface area contributed by atoms with Crippen LogP contribution in [0.1, 0.15) is 0 Å². The zero-order valence-corrected chi connectivity index (χ0v) is 11.5. The van der Waals surface area contributed by atoms with Gasteiger partial charge in [0.15, 0.2) is 6.54 Å². The van der Waals surface area contributed by atoms with Crippen molar-refractivity contribution in [2.75, 3.05) is 27.7 Å². The summed E-state index contributed by atoms with van der Waals surface area (Å²) in [4.78, 5) is 27.2. The summed E-state index contributed by atoms with van der Waals surface area (Å²) >= 11 is 0. The molecule has 0 saturated carbocycles. The molecule has 0 aliphatic heterocycles. The van der Waals surface area contributed by atoms with E-state index in [0.717, 1.165) is 0 Å². The third kappa shape index (κ3) is 4.79. The molecule has 1 unspecified atom stereocenters. The van der Waals surface area contributed by atoms with Gasteiger partial charge in [0, 0.05) is 0 Å². The van der Waals surface area contributed by atoms with Crippen LogP contribution in [0.25, 0.3) is 0 Å². The first-order valence-corrected chi connectivity index (χ1v) is 6.56. The average Bonchev–Trinajstić information content (AvgIpc) is 2.26. The fourth-order valence-corrected chi connectivity index (χ4v) is 2.75. The molecule has 0 heterocycles. The molecule has 0 fully saturated rings. The van der Waals surface area contributed by atoms with E-state index in [-0.39, 0.29) is 12.0 Å². The molecule has 1 rings (SSSR count). The molecular weight excluding hydrogens is 255 g/mol. The van der Waals surface area contributed by atoms with Crippen LogP contribution in [0.5, 0.6) is 0 Å². The Balaban J connectivity index is 3.11. The minimum absolute atomic E-state index is 0.0197. The molecule has 6 nitrogen and oxygen atoms in total. The van der Waals surface area contributed by atoms with E-state index in [1.54, 1.807) is 30.3 Å². The lowest BCUT2D eigenvalue weighted by atomic mass is 10.4. The molecule has 1 aromatic rings. The minimum Gasteiger partial charge on any atom is -0.624 e. The zero-order valence-electron chi connectivity index (χ0n) is 10.6. The molecule has 7 heteroatoms. The summed E-state index contributed by atoms with van der Waals surface area (Å²) in [5.41, 5.74) is -0.0197. The largest absolute Gasteiger partial charge is 0.624 e. The number of hydrogen-bond donors (Lipinski definition) is 0. The van der Waals surface area contributed by atoms with Gasteiger partial charge in [0.25, 0.3) is 0 Å². The maximum atomic E-state index is 12.2. The standard InChI is InChI=1S/C11H16N2O4P/c1-13(2,3)9-11(17-12(14)15)18(16)10-7-5-4-6-8-10/h4-8H,9H2,1-3H3/q+1. The van der Waals surface area contributed by atoms with Gasteiger partial charge in [0.1, 0.15) is 13.1 Å². The molecular formula is C11H16N2O4P+. The molecule has 0 radical (unpaired) electrons. The van der Waals surface area contributed by atoms with Gasteiger partial charge in [-0.1, -0.05) is 18.2 Å². The van der Waals surface area contributed by atoms with E-state index in [9.17, 15) is 15.0 Å². The Hall–Kier alpha value is -1.49. The van der Waals surface area contributed by atoms with E-state index in [4.69, 9.17) is 0 Å². The third-order valence-corrected chi connectivity index (χ3v) is 3.45. The summed E-state index contributed by atoms with van der Waals surface area (Å²) in [5.74, 6) is 0. The monoisotopic (exact) mass is 271 g/mol. The van der Waals surface area contributed by atoms with Gasteiger partial charge in [-0.3, -0.25) is 0 Å². The quantitative estimate of drug-likeness (QED) is 0.330. The van der Waals surface area contributed by atoms with E-state index in [1.165, 1.54) is 0 Å². The van der Waals surface area contributed by atoms with Crippen molar-refractivity contribution in [2.24, 2.45) is 0 Å². The van der Waals surface area contributed by atoms with E-state index in [1.807, 2.05) is 21.1 Å². The molecule has 0 aromatic heterocycles. The van der Waals surface area contributed by atoms with Gasteiger partial charge in [-0.25, -0.2) is 4.84 Å². The molecule has 0 amide bonds. The summed E-state index contributed by atoms with van der Waals surface area (Å²) in [7, 11) is 3.49. The summed E-state index contributed by atoms with van der Waals surface area (Å²) in [6, 6.07) is 8.59. The smallest absolute Gasteiger partial charge is 0.323 e. The van der Waals surface area contributed by atoms with Crippen LogP contribution in [0, 0.1) is 10.1 Å². The molecule has 98 valence electrons. The normalized spacial score (nSPS) is 12.9. The predicted molar refractivity (Wildman–Crippen MR) is 69.0 cm³/mol. The minimum atomic E-state index is -2.05. The first kappa shape index (κ1) is 14.6. The number of benzene rings is 1. The number of quaternary nitrogens is 1. The Bertz CT molecular complexity index is 454. The van der Waals surface area contributed by atoms with Gasteiger partial charge in [0.2, 0.25) is 0 Å². The third-order valence-electron chi connectivity index (χ3n) is 2.01. The number of hydrogen-bond acceptors (Lipinski definition) is 4. The Kier molecular flexibility index (Phi) is 4.78. The van der Waals surface area contributed by atoms with Crippen molar-refractivity contribution >= 4 is 18.6 Å². The van der Waals surface area contributed by atoms with Crippen molar-refractivity contribution in [1.29, 1.82) is 0 Å². The second kappa shape index (κ2) is 5.91. The van der Waals surface area contributed by atoms with Crippen LogP contribution < -0.4 is 10.2 Å². The maximum absolute atomic E-state index is 12.2. The molecule has 0 aliphatic carbocycles. The van der Waals surface area contributed by atoms with E-state index in [2.05, 4.69) is 4.84 Å². The molecule has 1 aromatic carbocycles. The molecule has 1 atom stereocenters. The Morgan fingerprint density at radius 3 is 2.33 bits per heavy atom. The molecule has 0 aliphatic rings. The van der Waals surface area contributed by atoms with Gasteiger partial charge >= 0.3 is 10.6 Å². The van der Waals surface area contributed by atoms with Crippen molar-refractivity contribution in [3.05, 3.63) is 40.4 Å². The number of nitrogens with zero attached hydrogens (tertiary/aromatic N) is 2. The Labute approximate surface area is 107 Å². The van der Waals surface area contributed by atoms with E-state index in [0.29, 0.717) is 9.79 Å². The van der Waals surface area contributed by atoms with Gasteiger partial charge in [-0.05, 0) is 12.1 Å². The Morgan fingerprint density at radius 2 is 1.89 bits per heavy atom. The van der Waals surface area contributed by atoms with Crippen LogP contribution in [-0.2, 0) is 4.84 Å². The van der Waals surface area contributed by atoms with Crippen molar-refractivity contribution in [3.63, 3.8) is 0 Å². The van der Waals surface area contributed by atoms with Crippen molar-refractivity contribution < 1.29 is 19.3 Å². The predicted octanol–water partition coefficient (Wildman–Crippen LogP) is 0.114. The van der Waals surface area contributed by atoms with Gasteiger partial charge in [-0.2, -0.15) is 0 Å². The highest BCUT2D eigenvalue weighted by Gasteiger charge is 2.24. The summed E-state index contributed by atoms with van der Waals surface area (Å²) in [5, 5.41) is 10.1. The lowest BCUT2D eigenvalue weighted by molar-refractivity contribution is -0.864. The van der Waals surface area contributed by atoms with E-state index < -0.39 is 12.9 Å². The van der Waals surface area contributed by atoms with Crippen molar-refractivity contribution in [1.82, 2.24) is 0 Å². The molecule has 0 saturated heterocycles. The van der Waals surface area contributed by atoms with Crippen LogP contribution in [0.2, 0.25) is 0 Å². The lowest BCUT2D eigenvalue weighted by Crippen LogP contribution is -2.41. The summed E-state index contributed by atoms with van der Waals surface area (Å²) in [6.07, 6.45) is 0. The number of rotatable bonds is 5. The average molecular weight is 271 g/mol. The van der Waals surface area contributed by atoms with E-state index >= 15 is 0 Å². The molecule has 0 spiro atoms. The van der Waals surface area contributed by atoms with Crippen LogP contribution in [0.3, 0.4) is 0 Å². The highest BCUT2D eigenvalue weighted by atomic mass is 31.1. The van der Waals surface area contributed by atoms with Gasteiger partial charge < -0.3 is 9.38 Å². The second-order valence-electron chi connectivity index (χ2n) is 4.79. The van der Waals surface area contributed by atoms with Gasteiger partial charge in [-0.15, -0.1) is 10.1 Å². The van der Waals surface area contributed by atoms with Gasteiger partial charge in [0.05, 0.1) is 21.1 Å². The van der Waals surface area contributed by atoms with Crippen LogP contribution in [0.4, 0.5) is 0 Å². The number of likely N-dealkylation sites (N-methyl/N-ethyl adjacent to an activating group) is 1.